The van der Waals surface area contributed by atoms with Gasteiger partial charge in [0.25, 0.3) is 5.91 Å². The van der Waals surface area contributed by atoms with E-state index < -0.39 is 0 Å². The minimum atomic E-state index is 0.108. The molecule has 3 heterocycles. The SMILES string of the molecule is Cc1ncccc1OCC1CCCN1C(=O)c1ccn(C)c1C. The lowest BCUT2D eigenvalue weighted by Crippen LogP contribution is -2.39. The van der Waals surface area contributed by atoms with Gasteiger partial charge in [-0.15, -0.1) is 0 Å². The highest BCUT2D eigenvalue weighted by molar-refractivity contribution is 5.95. The van der Waals surface area contributed by atoms with Gasteiger partial charge in [-0.2, -0.15) is 0 Å². The van der Waals surface area contributed by atoms with E-state index in [4.69, 9.17) is 4.74 Å². The third-order valence-corrected chi connectivity index (χ3v) is 4.64. The molecule has 3 rings (SSSR count). The lowest BCUT2D eigenvalue weighted by atomic mass is 10.2. The maximum atomic E-state index is 12.8. The molecule has 122 valence electrons. The van der Waals surface area contributed by atoms with Crippen LogP contribution in [0, 0.1) is 13.8 Å². The third-order valence-electron chi connectivity index (χ3n) is 4.64. The number of rotatable bonds is 4. The zero-order valence-electron chi connectivity index (χ0n) is 14.0. The summed E-state index contributed by atoms with van der Waals surface area (Å²) in [6.45, 7) is 5.23. The van der Waals surface area contributed by atoms with Crippen molar-refractivity contribution in [2.24, 2.45) is 7.05 Å². The van der Waals surface area contributed by atoms with Gasteiger partial charge in [0.2, 0.25) is 0 Å². The first-order valence-corrected chi connectivity index (χ1v) is 8.05. The summed E-state index contributed by atoms with van der Waals surface area (Å²) < 4.78 is 7.89. The van der Waals surface area contributed by atoms with Crippen molar-refractivity contribution in [3.63, 3.8) is 0 Å². The summed E-state index contributed by atoms with van der Waals surface area (Å²) in [5.41, 5.74) is 2.67. The first-order valence-electron chi connectivity index (χ1n) is 8.05. The number of hydrogen-bond donors (Lipinski definition) is 0. The Hall–Kier alpha value is -2.30. The van der Waals surface area contributed by atoms with Crippen LogP contribution < -0.4 is 4.74 Å². The number of hydrogen-bond acceptors (Lipinski definition) is 3. The summed E-state index contributed by atoms with van der Waals surface area (Å²) in [6, 6.07) is 5.82. The van der Waals surface area contributed by atoms with Gasteiger partial charge >= 0.3 is 0 Å². The summed E-state index contributed by atoms with van der Waals surface area (Å²) in [7, 11) is 1.96. The normalized spacial score (nSPS) is 17.5. The highest BCUT2D eigenvalue weighted by Gasteiger charge is 2.31. The van der Waals surface area contributed by atoms with Gasteiger partial charge in [0.15, 0.2) is 0 Å². The van der Waals surface area contributed by atoms with Crippen LogP contribution in [0.15, 0.2) is 30.6 Å². The van der Waals surface area contributed by atoms with Crippen molar-refractivity contribution >= 4 is 5.91 Å². The second kappa shape index (κ2) is 6.44. The molecule has 1 atom stereocenters. The summed E-state index contributed by atoms with van der Waals surface area (Å²) in [4.78, 5) is 19.0. The molecule has 2 aromatic rings. The Morgan fingerprint density at radius 2 is 2.22 bits per heavy atom. The van der Waals surface area contributed by atoms with Crippen LogP contribution in [-0.4, -0.2) is 39.6 Å². The predicted molar refractivity (Wildman–Crippen MR) is 88.7 cm³/mol. The van der Waals surface area contributed by atoms with Gasteiger partial charge in [0, 0.05) is 31.7 Å². The largest absolute Gasteiger partial charge is 0.490 e. The van der Waals surface area contributed by atoms with Crippen molar-refractivity contribution in [3.05, 3.63) is 47.5 Å². The number of pyridine rings is 1. The number of ether oxygens (including phenoxy) is 1. The Bertz CT molecular complexity index is 708. The summed E-state index contributed by atoms with van der Waals surface area (Å²) in [5, 5.41) is 0. The van der Waals surface area contributed by atoms with Gasteiger partial charge in [0.1, 0.15) is 12.4 Å². The van der Waals surface area contributed by atoms with E-state index in [0.717, 1.165) is 42.1 Å². The summed E-state index contributed by atoms with van der Waals surface area (Å²) in [5.74, 6) is 0.903. The van der Waals surface area contributed by atoms with Gasteiger partial charge in [0.05, 0.1) is 17.3 Å². The molecule has 0 aromatic carbocycles. The van der Waals surface area contributed by atoms with Crippen molar-refractivity contribution in [1.29, 1.82) is 0 Å². The van der Waals surface area contributed by atoms with Crippen molar-refractivity contribution in [2.75, 3.05) is 13.2 Å². The van der Waals surface area contributed by atoms with Crippen LogP contribution in [0.5, 0.6) is 5.75 Å². The number of carbonyl (C=O) groups is 1. The minimum absolute atomic E-state index is 0.108. The predicted octanol–water partition coefficient (Wildman–Crippen LogP) is 2.72. The van der Waals surface area contributed by atoms with Crippen molar-refractivity contribution in [3.8, 4) is 5.75 Å². The molecule has 1 amide bonds. The van der Waals surface area contributed by atoms with Crippen LogP contribution in [-0.2, 0) is 7.05 Å². The maximum Gasteiger partial charge on any atom is 0.256 e. The standard InChI is InChI=1S/C18H23N3O2/c1-13-17(7-4-9-19-13)23-12-15-6-5-10-21(15)18(22)16-8-11-20(3)14(16)2/h4,7-9,11,15H,5-6,10,12H2,1-3H3. The molecule has 0 aliphatic carbocycles. The van der Waals surface area contributed by atoms with E-state index in [1.807, 2.05) is 54.8 Å². The van der Waals surface area contributed by atoms with Crippen LogP contribution in [0.2, 0.25) is 0 Å². The van der Waals surface area contributed by atoms with Crippen LogP contribution in [0.25, 0.3) is 0 Å². The van der Waals surface area contributed by atoms with E-state index in [2.05, 4.69) is 4.98 Å². The fraction of sp³-hybridized carbons (Fsp3) is 0.444. The number of amides is 1. The van der Waals surface area contributed by atoms with E-state index in [1.165, 1.54) is 0 Å². The molecule has 2 aromatic heterocycles. The minimum Gasteiger partial charge on any atom is -0.490 e. The monoisotopic (exact) mass is 313 g/mol. The number of aryl methyl sites for hydroxylation is 2. The molecule has 1 aliphatic rings. The molecule has 1 aliphatic heterocycles. The molecule has 5 heteroatoms. The quantitative estimate of drug-likeness (QED) is 0.872. The Morgan fingerprint density at radius 3 is 2.91 bits per heavy atom. The average Bonchev–Trinajstić information content (AvgIpc) is 3.14. The van der Waals surface area contributed by atoms with E-state index in [1.54, 1.807) is 6.20 Å². The molecular weight excluding hydrogens is 290 g/mol. The summed E-state index contributed by atoms with van der Waals surface area (Å²) >= 11 is 0. The van der Waals surface area contributed by atoms with E-state index in [9.17, 15) is 4.79 Å². The highest BCUT2D eigenvalue weighted by atomic mass is 16.5. The molecule has 0 spiro atoms. The molecule has 0 saturated carbocycles. The number of carbonyl (C=O) groups excluding carboxylic acids is 1. The average molecular weight is 313 g/mol. The lowest BCUT2D eigenvalue weighted by Gasteiger charge is -2.25. The van der Waals surface area contributed by atoms with Crippen LogP contribution in [0.4, 0.5) is 0 Å². The molecule has 5 nitrogen and oxygen atoms in total. The summed E-state index contributed by atoms with van der Waals surface area (Å²) in [6.07, 6.45) is 5.70. The number of likely N-dealkylation sites (tertiary alicyclic amines) is 1. The first kappa shape index (κ1) is 15.6. The smallest absolute Gasteiger partial charge is 0.256 e. The van der Waals surface area contributed by atoms with Gasteiger partial charge in [-0.05, 0) is 44.9 Å². The molecule has 0 bridgehead atoms. The van der Waals surface area contributed by atoms with Gasteiger partial charge in [-0.1, -0.05) is 0 Å². The third kappa shape index (κ3) is 3.09. The molecule has 1 unspecified atom stereocenters. The molecule has 0 radical (unpaired) electrons. The van der Waals surface area contributed by atoms with E-state index in [-0.39, 0.29) is 11.9 Å². The Morgan fingerprint density at radius 1 is 1.39 bits per heavy atom. The first-order chi connectivity index (χ1) is 11.1. The molecule has 23 heavy (non-hydrogen) atoms. The van der Waals surface area contributed by atoms with E-state index in [0.29, 0.717) is 6.61 Å². The van der Waals surface area contributed by atoms with Crippen LogP contribution >= 0.6 is 0 Å². The van der Waals surface area contributed by atoms with Crippen LogP contribution in [0.3, 0.4) is 0 Å². The zero-order valence-corrected chi connectivity index (χ0v) is 14.0. The van der Waals surface area contributed by atoms with Crippen LogP contribution in [0.1, 0.15) is 34.6 Å². The number of nitrogens with zero attached hydrogens (tertiary/aromatic N) is 3. The maximum absolute atomic E-state index is 12.8. The Balaban J connectivity index is 1.69. The zero-order chi connectivity index (χ0) is 16.4. The van der Waals surface area contributed by atoms with E-state index >= 15 is 0 Å². The highest BCUT2D eigenvalue weighted by Crippen LogP contribution is 2.23. The van der Waals surface area contributed by atoms with Crippen molar-refractivity contribution < 1.29 is 9.53 Å². The Labute approximate surface area is 136 Å². The van der Waals surface area contributed by atoms with Gasteiger partial charge < -0.3 is 14.2 Å². The van der Waals surface area contributed by atoms with Gasteiger partial charge in [-0.25, -0.2) is 0 Å². The van der Waals surface area contributed by atoms with Crippen molar-refractivity contribution in [1.82, 2.24) is 14.5 Å². The molecule has 1 fully saturated rings. The second-order valence-electron chi connectivity index (χ2n) is 6.12. The van der Waals surface area contributed by atoms with Crippen molar-refractivity contribution in [2.45, 2.75) is 32.7 Å². The second-order valence-corrected chi connectivity index (χ2v) is 6.12. The fourth-order valence-electron chi connectivity index (χ4n) is 3.07. The van der Waals surface area contributed by atoms with Gasteiger partial charge in [-0.3, -0.25) is 9.78 Å². The fourth-order valence-corrected chi connectivity index (χ4v) is 3.07. The molecular formula is C18H23N3O2. The topological polar surface area (TPSA) is 47.4 Å². The Kier molecular flexibility index (Phi) is 4.37. The molecule has 1 saturated heterocycles. The lowest BCUT2D eigenvalue weighted by molar-refractivity contribution is 0.0690. The number of aromatic nitrogens is 2. The molecule has 0 N–H and O–H groups in total.